The zero-order valence-corrected chi connectivity index (χ0v) is 20.6. The largest absolute Gasteiger partial charge is 0.342 e. The van der Waals surface area contributed by atoms with Crippen molar-refractivity contribution >= 4 is 17.4 Å². The van der Waals surface area contributed by atoms with E-state index in [2.05, 4.69) is 27.3 Å². The maximum atomic E-state index is 12.8. The summed E-state index contributed by atoms with van der Waals surface area (Å²) in [6, 6.07) is 7.49. The fourth-order valence-corrected chi connectivity index (χ4v) is 5.84. The van der Waals surface area contributed by atoms with Crippen LogP contribution in [0.4, 0.5) is 11.5 Å². The van der Waals surface area contributed by atoms with E-state index in [4.69, 9.17) is 0 Å². The summed E-state index contributed by atoms with van der Waals surface area (Å²) in [7, 11) is 0. The van der Waals surface area contributed by atoms with E-state index in [1.807, 2.05) is 6.07 Å². The highest BCUT2D eigenvalue weighted by atomic mass is 16.2. The van der Waals surface area contributed by atoms with Crippen LogP contribution in [0.3, 0.4) is 0 Å². The highest BCUT2D eigenvalue weighted by Crippen LogP contribution is 2.27. The number of aryl methyl sites for hydroxylation is 2. The van der Waals surface area contributed by atoms with Crippen molar-refractivity contribution < 1.29 is 4.79 Å². The maximum Gasteiger partial charge on any atom is 0.330 e. The Hall–Kier alpha value is -2.87. The predicted molar refractivity (Wildman–Crippen MR) is 137 cm³/mol. The molecule has 1 amide bonds. The quantitative estimate of drug-likeness (QED) is 0.637. The van der Waals surface area contributed by atoms with E-state index in [-0.39, 0.29) is 12.5 Å². The fraction of sp³-hybridized carbons (Fsp3) is 0.593. The van der Waals surface area contributed by atoms with Gasteiger partial charge in [0, 0.05) is 37.9 Å². The van der Waals surface area contributed by atoms with Crippen LogP contribution in [0.25, 0.3) is 0 Å². The molecule has 0 radical (unpaired) electrons. The van der Waals surface area contributed by atoms with Gasteiger partial charge in [0.15, 0.2) is 0 Å². The van der Waals surface area contributed by atoms with Gasteiger partial charge in [-0.1, -0.05) is 38.2 Å². The van der Waals surface area contributed by atoms with Crippen molar-refractivity contribution in [2.75, 3.05) is 38.0 Å². The smallest absolute Gasteiger partial charge is 0.330 e. The van der Waals surface area contributed by atoms with Gasteiger partial charge in [-0.25, -0.2) is 4.79 Å². The normalized spacial score (nSPS) is 19.0. The molecule has 188 valence electrons. The number of hydrogen-bond acceptors (Lipinski definition) is 5. The monoisotopic (exact) mass is 479 g/mol. The molecule has 1 saturated carbocycles. The number of piperazine rings is 1. The maximum absolute atomic E-state index is 12.8. The first kappa shape index (κ1) is 23.9. The molecule has 5 rings (SSSR count). The molecule has 2 aromatic rings. The molecule has 0 unspecified atom stereocenters. The lowest BCUT2D eigenvalue weighted by atomic mass is 9.87. The summed E-state index contributed by atoms with van der Waals surface area (Å²) in [6.07, 6.45) is 11.4. The lowest BCUT2D eigenvalue weighted by Crippen LogP contribution is -2.51. The Balaban J connectivity index is 1.14. The van der Waals surface area contributed by atoms with Crippen LogP contribution >= 0.6 is 0 Å². The van der Waals surface area contributed by atoms with Crippen LogP contribution in [0.15, 0.2) is 33.9 Å². The number of benzene rings is 1. The number of rotatable bonds is 7. The Labute approximate surface area is 206 Å². The first-order valence-corrected chi connectivity index (χ1v) is 13.3. The summed E-state index contributed by atoms with van der Waals surface area (Å²) < 4.78 is 0.992. The molecule has 8 nitrogen and oxygen atoms in total. The number of aromatic amines is 1. The van der Waals surface area contributed by atoms with Gasteiger partial charge < -0.3 is 10.2 Å². The number of carbonyl (C=O) groups is 1. The van der Waals surface area contributed by atoms with Crippen LogP contribution in [-0.2, 0) is 24.2 Å². The zero-order chi connectivity index (χ0) is 24.2. The van der Waals surface area contributed by atoms with Gasteiger partial charge >= 0.3 is 5.69 Å². The number of fused-ring (bicyclic) bond motifs is 1. The van der Waals surface area contributed by atoms with Gasteiger partial charge in [0.1, 0.15) is 12.4 Å². The Kier molecular flexibility index (Phi) is 7.37. The summed E-state index contributed by atoms with van der Waals surface area (Å²) >= 11 is 0. The summed E-state index contributed by atoms with van der Waals surface area (Å²) in [5.41, 5.74) is 2.47. The van der Waals surface area contributed by atoms with Crippen molar-refractivity contribution in [2.45, 2.75) is 64.3 Å². The molecule has 2 heterocycles. The van der Waals surface area contributed by atoms with Crippen molar-refractivity contribution in [1.82, 2.24) is 19.4 Å². The number of hydrogen-bond donors (Lipinski definition) is 2. The van der Waals surface area contributed by atoms with E-state index in [0.717, 1.165) is 55.1 Å². The second kappa shape index (κ2) is 10.8. The summed E-state index contributed by atoms with van der Waals surface area (Å²) in [5.74, 6) is 1.03. The molecule has 2 N–H and O–H groups in total. The Morgan fingerprint density at radius 3 is 2.49 bits per heavy atom. The minimum Gasteiger partial charge on any atom is -0.342 e. The second-order valence-electron chi connectivity index (χ2n) is 10.4. The summed E-state index contributed by atoms with van der Waals surface area (Å²) in [6.45, 7) is 3.88. The van der Waals surface area contributed by atoms with Gasteiger partial charge in [0.05, 0.1) is 0 Å². The van der Waals surface area contributed by atoms with E-state index < -0.39 is 11.2 Å². The van der Waals surface area contributed by atoms with Crippen molar-refractivity contribution in [2.24, 2.45) is 5.92 Å². The molecule has 0 spiro atoms. The molecule has 2 fully saturated rings. The fourth-order valence-electron chi connectivity index (χ4n) is 5.84. The van der Waals surface area contributed by atoms with Gasteiger partial charge in [-0.15, -0.1) is 0 Å². The van der Waals surface area contributed by atoms with Gasteiger partial charge in [-0.3, -0.25) is 24.0 Å². The molecule has 1 saturated heterocycles. The molecule has 0 atom stereocenters. The van der Waals surface area contributed by atoms with Gasteiger partial charge in [0.25, 0.3) is 5.56 Å². The molecule has 1 aliphatic heterocycles. The van der Waals surface area contributed by atoms with Gasteiger partial charge in [-0.2, -0.15) is 0 Å². The highest BCUT2D eigenvalue weighted by molar-refractivity contribution is 5.76. The van der Waals surface area contributed by atoms with E-state index in [0.29, 0.717) is 18.9 Å². The van der Waals surface area contributed by atoms with Gasteiger partial charge in [-0.05, 0) is 61.4 Å². The average molecular weight is 480 g/mol. The summed E-state index contributed by atoms with van der Waals surface area (Å²) in [4.78, 5) is 45.1. The zero-order valence-electron chi connectivity index (χ0n) is 20.6. The molecule has 3 aliphatic rings. The second-order valence-corrected chi connectivity index (χ2v) is 10.4. The Morgan fingerprint density at radius 1 is 0.943 bits per heavy atom. The number of H-pyrrole nitrogens is 1. The predicted octanol–water partition coefficient (Wildman–Crippen LogP) is 2.88. The standard InChI is InChI=1S/C27H37N5O3/c33-25-18-24(28-23-10-9-21-7-4-8-22(21)17-23)29-27(35)32(25)19-26(34)31-15-13-30(14-16-31)12-11-20-5-2-1-3-6-20/h9-10,17-18,20,28H,1-8,11-16,19H2,(H,29,35). The van der Waals surface area contributed by atoms with Crippen LogP contribution in [0.2, 0.25) is 0 Å². The molecule has 0 bridgehead atoms. The van der Waals surface area contributed by atoms with Crippen molar-refractivity contribution in [3.8, 4) is 0 Å². The minimum absolute atomic E-state index is 0.177. The number of carbonyl (C=O) groups excluding carboxylic acids is 1. The van der Waals surface area contributed by atoms with Gasteiger partial charge in [0.2, 0.25) is 5.91 Å². The topological polar surface area (TPSA) is 90.4 Å². The lowest BCUT2D eigenvalue weighted by molar-refractivity contribution is -0.133. The number of aromatic nitrogens is 2. The van der Waals surface area contributed by atoms with Crippen LogP contribution in [0.1, 0.15) is 56.1 Å². The van der Waals surface area contributed by atoms with Crippen molar-refractivity contribution in [1.29, 1.82) is 0 Å². The van der Waals surface area contributed by atoms with Crippen LogP contribution < -0.4 is 16.6 Å². The third-order valence-electron chi connectivity index (χ3n) is 7.99. The Bertz CT molecular complexity index is 1120. The SMILES string of the molecule is O=C(Cn1c(=O)cc(Nc2ccc3c(c2)CCC3)[nH]c1=O)N1CCN(CCC2CCCCC2)CC1. The van der Waals surface area contributed by atoms with E-state index in [1.165, 1.54) is 55.7 Å². The van der Waals surface area contributed by atoms with E-state index in [9.17, 15) is 14.4 Å². The molecule has 35 heavy (non-hydrogen) atoms. The number of anilines is 2. The first-order valence-electron chi connectivity index (χ1n) is 13.3. The van der Waals surface area contributed by atoms with Crippen LogP contribution in [0.5, 0.6) is 0 Å². The third kappa shape index (κ3) is 5.86. The average Bonchev–Trinajstić information content (AvgIpc) is 3.34. The van der Waals surface area contributed by atoms with Crippen molar-refractivity contribution in [3.63, 3.8) is 0 Å². The third-order valence-corrected chi connectivity index (χ3v) is 7.99. The van der Waals surface area contributed by atoms with E-state index >= 15 is 0 Å². The van der Waals surface area contributed by atoms with Crippen LogP contribution in [0, 0.1) is 5.92 Å². The number of nitrogens with zero attached hydrogens (tertiary/aromatic N) is 3. The van der Waals surface area contributed by atoms with Crippen LogP contribution in [-0.4, -0.2) is 58.0 Å². The highest BCUT2D eigenvalue weighted by Gasteiger charge is 2.23. The molecule has 1 aromatic carbocycles. The molecular weight excluding hydrogens is 442 g/mol. The molecule has 8 heteroatoms. The summed E-state index contributed by atoms with van der Waals surface area (Å²) in [5, 5.41) is 3.13. The molecular formula is C27H37N5O3. The van der Waals surface area contributed by atoms with E-state index in [1.54, 1.807) is 4.90 Å². The number of amides is 1. The van der Waals surface area contributed by atoms with Crippen molar-refractivity contribution in [3.05, 3.63) is 56.2 Å². The first-order chi connectivity index (χ1) is 17.0. The minimum atomic E-state index is -0.569. The lowest BCUT2D eigenvalue weighted by Gasteiger charge is -2.35. The molecule has 2 aliphatic carbocycles. The number of nitrogens with one attached hydrogen (secondary N) is 2. The molecule has 1 aromatic heterocycles. The Morgan fingerprint density at radius 2 is 1.71 bits per heavy atom.